The van der Waals surface area contributed by atoms with Crippen LogP contribution in [-0.4, -0.2) is 35.5 Å². The molecule has 0 saturated heterocycles. The summed E-state index contributed by atoms with van der Waals surface area (Å²) in [6.45, 7) is 2.10. The molecule has 0 fully saturated rings. The summed E-state index contributed by atoms with van der Waals surface area (Å²) in [4.78, 5) is 14.9. The summed E-state index contributed by atoms with van der Waals surface area (Å²) in [7, 11) is 1.34. The van der Waals surface area contributed by atoms with Gasteiger partial charge in [-0.25, -0.2) is 4.39 Å². The number of aliphatic hydroxyl groups is 1. The van der Waals surface area contributed by atoms with Gasteiger partial charge in [0, 0.05) is 34.4 Å². The Kier molecular flexibility index (Phi) is 6.24. The van der Waals surface area contributed by atoms with Gasteiger partial charge in [-0.05, 0) is 48.2 Å². The monoisotopic (exact) mass is 452 g/mol. The Labute approximate surface area is 182 Å². The fraction of sp³-hybridized carbons (Fsp3) is 0.348. The second-order valence-electron chi connectivity index (χ2n) is 8.39. The van der Waals surface area contributed by atoms with Gasteiger partial charge in [0.15, 0.2) is 11.0 Å². The molecule has 3 N–H and O–H groups in total. The van der Waals surface area contributed by atoms with Gasteiger partial charge in [-0.3, -0.25) is 4.79 Å². The lowest BCUT2D eigenvalue weighted by Gasteiger charge is -2.38. The zero-order valence-corrected chi connectivity index (χ0v) is 17.8. The Bertz CT molecular complexity index is 1170. The van der Waals surface area contributed by atoms with Crippen LogP contribution >= 0.6 is 0 Å². The smallest absolute Gasteiger partial charge is 0.418 e. The lowest BCUT2D eigenvalue weighted by Crippen LogP contribution is -2.53. The minimum atomic E-state index is -4.98. The predicted octanol–water partition coefficient (Wildman–Crippen LogP) is 4.75. The zero-order valence-electron chi connectivity index (χ0n) is 17.8. The van der Waals surface area contributed by atoms with Crippen LogP contribution in [-0.2, 0) is 5.41 Å². The van der Waals surface area contributed by atoms with Crippen molar-refractivity contribution >= 4 is 16.6 Å². The van der Waals surface area contributed by atoms with Gasteiger partial charge in [-0.15, -0.1) is 0 Å². The molecule has 0 aliphatic heterocycles. The number of aromatic amines is 1. The zero-order chi connectivity index (χ0) is 23.7. The van der Waals surface area contributed by atoms with Crippen molar-refractivity contribution in [2.24, 2.45) is 0 Å². The number of H-pyrrole nitrogens is 1. The van der Waals surface area contributed by atoms with E-state index in [4.69, 9.17) is 4.74 Å². The molecular weight excluding hydrogens is 428 g/mol. The molecule has 9 heteroatoms. The Morgan fingerprint density at radius 1 is 1.09 bits per heavy atom. The molecule has 1 atom stereocenters. The quantitative estimate of drug-likeness (QED) is 0.453. The molecule has 1 aromatic heterocycles. The van der Waals surface area contributed by atoms with Gasteiger partial charge in [0.2, 0.25) is 0 Å². The summed E-state index contributed by atoms with van der Waals surface area (Å²) in [5.74, 6) is -0.397. The van der Waals surface area contributed by atoms with Crippen LogP contribution < -0.4 is 15.5 Å². The predicted molar refractivity (Wildman–Crippen MR) is 115 cm³/mol. The number of nitrogens with one attached hydrogen (secondary N) is 2. The maximum absolute atomic E-state index is 14.0. The number of fused-ring (bicyclic) bond motifs is 1. The van der Waals surface area contributed by atoms with Crippen LogP contribution in [0.3, 0.4) is 0 Å². The van der Waals surface area contributed by atoms with Gasteiger partial charge in [-0.1, -0.05) is 13.8 Å². The van der Waals surface area contributed by atoms with E-state index in [2.05, 4.69) is 10.3 Å². The Hall–Kier alpha value is -3.07. The molecule has 0 aliphatic carbocycles. The second-order valence-corrected chi connectivity index (χ2v) is 8.39. The van der Waals surface area contributed by atoms with Crippen LogP contribution in [0.2, 0.25) is 0 Å². The Balaban J connectivity index is 1.91. The van der Waals surface area contributed by atoms with Gasteiger partial charge in [-0.2, -0.15) is 13.2 Å². The molecule has 0 bridgehead atoms. The molecule has 32 heavy (non-hydrogen) atoms. The number of hydrogen-bond acceptors (Lipinski definition) is 4. The van der Waals surface area contributed by atoms with E-state index in [-0.39, 0.29) is 22.4 Å². The molecule has 0 aliphatic rings. The van der Waals surface area contributed by atoms with Gasteiger partial charge in [0.1, 0.15) is 11.6 Å². The molecule has 1 heterocycles. The molecule has 1 unspecified atom stereocenters. The number of rotatable bonds is 7. The highest BCUT2D eigenvalue weighted by Crippen LogP contribution is 2.43. The molecule has 172 valence electrons. The molecule has 0 radical (unpaired) electrons. The molecule has 5 nitrogen and oxygen atoms in total. The summed E-state index contributed by atoms with van der Waals surface area (Å²) in [5, 5.41) is 13.6. The van der Waals surface area contributed by atoms with E-state index in [1.807, 2.05) is 0 Å². The molecule has 3 aromatic rings. The number of pyridine rings is 1. The second kappa shape index (κ2) is 8.46. The normalized spacial score (nSPS) is 14.2. The van der Waals surface area contributed by atoms with Crippen molar-refractivity contribution in [3.05, 3.63) is 70.3 Å². The van der Waals surface area contributed by atoms with Crippen molar-refractivity contribution < 1.29 is 27.4 Å². The summed E-state index contributed by atoms with van der Waals surface area (Å²) >= 11 is 0. The summed E-state index contributed by atoms with van der Waals surface area (Å²) in [6, 6.07) is 9.40. The van der Waals surface area contributed by atoms with Crippen molar-refractivity contribution in [3.63, 3.8) is 0 Å². The van der Waals surface area contributed by atoms with E-state index in [0.29, 0.717) is 10.9 Å². The van der Waals surface area contributed by atoms with Crippen LogP contribution in [0, 0.1) is 5.82 Å². The van der Waals surface area contributed by atoms with Crippen LogP contribution in [0.25, 0.3) is 10.9 Å². The number of aromatic nitrogens is 1. The molecule has 0 spiro atoms. The lowest BCUT2D eigenvalue weighted by molar-refractivity contribution is -0.260. The third-order valence-corrected chi connectivity index (χ3v) is 5.50. The van der Waals surface area contributed by atoms with E-state index in [9.17, 15) is 27.5 Å². The molecular formula is C23H24F4N2O3. The van der Waals surface area contributed by atoms with Gasteiger partial charge in [0.25, 0.3) is 0 Å². The van der Waals surface area contributed by atoms with Gasteiger partial charge in [0.05, 0.1) is 13.7 Å². The number of ether oxygens (including phenoxy) is 1. The van der Waals surface area contributed by atoms with Gasteiger partial charge < -0.3 is 20.1 Å². The van der Waals surface area contributed by atoms with E-state index < -0.39 is 36.0 Å². The summed E-state index contributed by atoms with van der Waals surface area (Å²) in [5.41, 5.74) is -3.73. The third-order valence-electron chi connectivity index (χ3n) is 5.50. The Morgan fingerprint density at radius 2 is 1.81 bits per heavy atom. The van der Waals surface area contributed by atoms with E-state index >= 15 is 0 Å². The summed E-state index contributed by atoms with van der Waals surface area (Å²) < 4.78 is 61.0. The first-order chi connectivity index (χ1) is 14.9. The van der Waals surface area contributed by atoms with Crippen LogP contribution in [0.4, 0.5) is 23.2 Å². The molecule has 2 aromatic carbocycles. The number of halogens is 4. The van der Waals surface area contributed by atoms with Crippen LogP contribution in [0.5, 0.6) is 5.75 Å². The highest BCUT2D eigenvalue weighted by Gasteiger charge is 2.56. The number of anilines is 1. The average molecular weight is 452 g/mol. The molecule has 0 amide bonds. The molecule has 0 saturated carbocycles. The fourth-order valence-electron chi connectivity index (χ4n) is 3.83. The van der Waals surface area contributed by atoms with E-state index in [0.717, 1.165) is 12.1 Å². The standard InChI is InChI=1S/C23H24F4N2O3/c1-21(2,17-10-14(24)4-7-20(17)32-3)12-22(31,23(25,26)27)13-29-15-5-6-18-16(11-15)19(30)8-9-28-18/h4-11,29,31H,12-13H2,1-3H3,(H,28,30). The van der Waals surface area contributed by atoms with Crippen molar-refractivity contribution in [3.8, 4) is 5.75 Å². The number of hydrogen-bond donors (Lipinski definition) is 3. The van der Waals surface area contributed by atoms with Crippen molar-refractivity contribution in [1.29, 1.82) is 0 Å². The summed E-state index contributed by atoms with van der Waals surface area (Å²) in [6.07, 6.45) is -4.26. The highest BCUT2D eigenvalue weighted by atomic mass is 19.4. The van der Waals surface area contributed by atoms with E-state index in [1.54, 1.807) is 6.07 Å². The maximum atomic E-state index is 14.0. The topological polar surface area (TPSA) is 74.3 Å². The minimum Gasteiger partial charge on any atom is -0.496 e. The maximum Gasteiger partial charge on any atom is 0.418 e. The van der Waals surface area contributed by atoms with Crippen molar-refractivity contribution in [1.82, 2.24) is 4.98 Å². The first-order valence-electron chi connectivity index (χ1n) is 9.85. The van der Waals surface area contributed by atoms with Gasteiger partial charge >= 0.3 is 6.18 Å². The largest absolute Gasteiger partial charge is 0.496 e. The lowest BCUT2D eigenvalue weighted by atomic mass is 9.74. The third kappa shape index (κ3) is 4.72. The Morgan fingerprint density at radius 3 is 2.47 bits per heavy atom. The number of methoxy groups -OCH3 is 1. The SMILES string of the molecule is COc1ccc(F)cc1C(C)(C)CC(O)(CNc1ccc2[nH]ccc(=O)c2c1)C(F)(F)F. The average Bonchev–Trinajstić information content (AvgIpc) is 2.71. The first kappa shape index (κ1) is 23.6. The molecule has 3 rings (SSSR count). The van der Waals surface area contributed by atoms with Crippen molar-refractivity contribution in [2.75, 3.05) is 19.0 Å². The number of alkyl halides is 3. The van der Waals surface area contributed by atoms with Crippen LogP contribution in [0.15, 0.2) is 53.5 Å². The van der Waals surface area contributed by atoms with E-state index in [1.165, 1.54) is 51.4 Å². The first-order valence-corrected chi connectivity index (χ1v) is 9.85. The minimum absolute atomic E-state index is 0.208. The van der Waals surface area contributed by atoms with Crippen LogP contribution in [0.1, 0.15) is 25.8 Å². The van der Waals surface area contributed by atoms with Crippen molar-refractivity contribution in [2.45, 2.75) is 37.5 Å². The number of benzene rings is 2. The highest BCUT2D eigenvalue weighted by molar-refractivity contribution is 5.81. The fourth-order valence-corrected chi connectivity index (χ4v) is 3.83.